The van der Waals surface area contributed by atoms with Gasteiger partial charge in [0.05, 0.1) is 17.1 Å². The molecule has 1 N–H and O–H groups in total. The van der Waals surface area contributed by atoms with E-state index in [0.29, 0.717) is 26.1 Å². The van der Waals surface area contributed by atoms with Crippen molar-refractivity contribution in [3.63, 3.8) is 0 Å². The minimum Gasteiger partial charge on any atom is -0.491 e. The number of para-hydroxylation sites is 2. The first-order chi connectivity index (χ1) is 18.0. The number of ether oxygens (including phenoxy) is 2. The van der Waals surface area contributed by atoms with Crippen LogP contribution in [0.2, 0.25) is 0 Å². The molecule has 1 atom stereocenters. The molecule has 1 unspecified atom stereocenters. The molecule has 196 valence electrons. The summed E-state index contributed by atoms with van der Waals surface area (Å²) in [5, 5.41) is 0. The highest BCUT2D eigenvalue weighted by atomic mass is 16.6. The second-order valence-corrected chi connectivity index (χ2v) is 10.2. The predicted molar refractivity (Wildman–Crippen MR) is 145 cm³/mol. The SMILES string of the molecule is CC(C)Oc1ccc(CN2CCCCC2COC(=O)N2CC=C(n3c(=O)[nH]c4ccccc43)CC2)cc1. The molecule has 37 heavy (non-hydrogen) atoms. The molecule has 8 heteroatoms. The number of carbonyl (C=O) groups is 1. The average molecular weight is 505 g/mol. The zero-order valence-electron chi connectivity index (χ0n) is 21.7. The molecule has 0 bridgehead atoms. The molecule has 1 saturated heterocycles. The number of imidazole rings is 1. The number of rotatable bonds is 7. The van der Waals surface area contributed by atoms with Crippen LogP contribution in [-0.2, 0) is 11.3 Å². The van der Waals surface area contributed by atoms with Crippen LogP contribution < -0.4 is 10.4 Å². The van der Waals surface area contributed by atoms with Gasteiger partial charge in [0.25, 0.3) is 0 Å². The number of hydrogen-bond donors (Lipinski definition) is 1. The van der Waals surface area contributed by atoms with Gasteiger partial charge >= 0.3 is 11.8 Å². The summed E-state index contributed by atoms with van der Waals surface area (Å²) in [7, 11) is 0. The molecule has 0 radical (unpaired) electrons. The lowest BCUT2D eigenvalue weighted by molar-refractivity contribution is 0.0478. The van der Waals surface area contributed by atoms with E-state index in [4.69, 9.17) is 9.47 Å². The van der Waals surface area contributed by atoms with Crippen LogP contribution in [0.4, 0.5) is 4.79 Å². The molecule has 2 aromatic carbocycles. The smallest absolute Gasteiger partial charge is 0.410 e. The number of likely N-dealkylation sites (tertiary alicyclic amines) is 1. The van der Waals surface area contributed by atoms with Crippen LogP contribution in [0.1, 0.15) is 45.1 Å². The minimum atomic E-state index is -0.290. The van der Waals surface area contributed by atoms with Crippen molar-refractivity contribution in [3.05, 3.63) is 70.7 Å². The molecule has 0 aliphatic carbocycles. The molecule has 3 heterocycles. The quantitative estimate of drug-likeness (QED) is 0.497. The van der Waals surface area contributed by atoms with Gasteiger partial charge in [-0.3, -0.25) is 9.47 Å². The summed E-state index contributed by atoms with van der Waals surface area (Å²) in [6, 6.07) is 16.1. The Morgan fingerprint density at radius 2 is 1.89 bits per heavy atom. The minimum absolute atomic E-state index is 0.150. The molecular formula is C29H36N4O4. The highest BCUT2D eigenvalue weighted by Crippen LogP contribution is 2.23. The van der Waals surface area contributed by atoms with E-state index in [1.807, 2.05) is 56.3 Å². The number of aromatic nitrogens is 2. The van der Waals surface area contributed by atoms with E-state index in [-0.39, 0.29) is 23.9 Å². The van der Waals surface area contributed by atoms with Crippen LogP contribution in [-0.4, -0.2) is 63.8 Å². The Balaban J connectivity index is 1.16. The fraction of sp³-hybridized carbons (Fsp3) is 0.448. The summed E-state index contributed by atoms with van der Waals surface area (Å²) in [5.74, 6) is 0.885. The van der Waals surface area contributed by atoms with E-state index in [9.17, 15) is 9.59 Å². The first-order valence-electron chi connectivity index (χ1n) is 13.3. The van der Waals surface area contributed by atoms with Crippen molar-refractivity contribution in [2.75, 3.05) is 26.2 Å². The van der Waals surface area contributed by atoms with Crippen molar-refractivity contribution in [1.82, 2.24) is 19.4 Å². The zero-order chi connectivity index (χ0) is 25.8. The average Bonchev–Trinajstić information content (AvgIpc) is 3.24. The van der Waals surface area contributed by atoms with Crippen LogP contribution in [0.15, 0.2) is 59.4 Å². The lowest BCUT2D eigenvalue weighted by Crippen LogP contribution is -2.44. The largest absolute Gasteiger partial charge is 0.491 e. The van der Waals surface area contributed by atoms with Gasteiger partial charge in [-0.2, -0.15) is 0 Å². The van der Waals surface area contributed by atoms with Crippen LogP contribution in [0.5, 0.6) is 5.75 Å². The van der Waals surface area contributed by atoms with Gasteiger partial charge in [-0.1, -0.05) is 30.7 Å². The topological polar surface area (TPSA) is 79.8 Å². The molecule has 2 aliphatic rings. The summed E-state index contributed by atoms with van der Waals surface area (Å²) < 4.78 is 13.3. The maximum atomic E-state index is 12.9. The van der Waals surface area contributed by atoms with Gasteiger partial charge in [0.2, 0.25) is 0 Å². The molecule has 1 aromatic heterocycles. The number of fused-ring (bicyclic) bond motifs is 1. The molecule has 0 saturated carbocycles. The zero-order valence-corrected chi connectivity index (χ0v) is 21.7. The first-order valence-corrected chi connectivity index (χ1v) is 13.3. The van der Waals surface area contributed by atoms with Crippen LogP contribution in [0, 0.1) is 0 Å². The van der Waals surface area contributed by atoms with E-state index >= 15 is 0 Å². The standard InChI is InChI=1S/C29H36N4O4/c1-21(2)37-25-12-10-22(11-13-25)19-32-16-6-5-7-24(32)20-36-29(35)31-17-14-23(15-18-31)33-27-9-4-3-8-26(27)30-28(33)34/h3-4,8-14,21,24H,5-7,15-20H2,1-2H3,(H,30,34). The number of amides is 1. The molecule has 0 spiro atoms. The van der Waals surface area contributed by atoms with Crippen molar-refractivity contribution < 1.29 is 14.3 Å². The Morgan fingerprint density at radius 3 is 2.65 bits per heavy atom. The van der Waals surface area contributed by atoms with Crippen LogP contribution >= 0.6 is 0 Å². The highest BCUT2D eigenvalue weighted by Gasteiger charge is 2.26. The van der Waals surface area contributed by atoms with Gasteiger partial charge in [0.15, 0.2) is 0 Å². The van der Waals surface area contributed by atoms with E-state index in [0.717, 1.165) is 54.8 Å². The van der Waals surface area contributed by atoms with E-state index in [1.165, 1.54) is 5.56 Å². The first kappa shape index (κ1) is 25.1. The van der Waals surface area contributed by atoms with Gasteiger partial charge < -0.3 is 19.4 Å². The monoisotopic (exact) mass is 504 g/mol. The van der Waals surface area contributed by atoms with Crippen molar-refractivity contribution >= 4 is 22.8 Å². The Morgan fingerprint density at radius 1 is 1.08 bits per heavy atom. The highest BCUT2D eigenvalue weighted by molar-refractivity contribution is 5.79. The third-order valence-corrected chi connectivity index (χ3v) is 7.15. The molecule has 1 fully saturated rings. The third-order valence-electron chi connectivity index (χ3n) is 7.15. The van der Waals surface area contributed by atoms with E-state index in [2.05, 4.69) is 22.0 Å². The maximum absolute atomic E-state index is 12.9. The van der Waals surface area contributed by atoms with Crippen molar-refractivity contribution in [3.8, 4) is 5.75 Å². The van der Waals surface area contributed by atoms with Crippen LogP contribution in [0.25, 0.3) is 16.7 Å². The van der Waals surface area contributed by atoms with Gasteiger partial charge in [-0.25, -0.2) is 9.59 Å². The molecule has 8 nitrogen and oxygen atoms in total. The third kappa shape index (κ3) is 5.91. The number of carbonyl (C=O) groups excluding carboxylic acids is 1. The molecule has 5 rings (SSSR count). The Hall–Kier alpha value is -3.52. The second-order valence-electron chi connectivity index (χ2n) is 10.2. The molecule has 3 aromatic rings. The van der Waals surface area contributed by atoms with Gasteiger partial charge in [0.1, 0.15) is 12.4 Å². The number of aromatic amines is 1. The summed E-state index contributed by atoms with van der Waals surface area (Å²) in [5.41, 5.74) is 3.66. The number of nitrogens with one attached hydrogen (secondary N) is 1. The van der Waals surface area contributed by atoms with Gasteiger partial charge in [0, 0.05) is 37.8 Å². The molecule has 2 aliphatic heterocycles. The number of nitrogens with zero attached hydrogens (tertiary/aromatic N) is 3. The summed E-state index contributed by atoms with van der Waals surface area (Å²) in [6.45, 7) is 7.23. The van der Waals surface area contributed by atoms with Crippen LogP contribution in [0.3, 0.4) is 0 Å². The lowest BCUT2D eigenvalue weighted by Gasteiger charge is -2.36. The number of benzene rings is 2. The summed E-state index contributed by atoms with van der Waals surface area (Å²) in [6.07, 6.45) is 5.75. The molecular weight excluding hydrogens is 468 g/mol. The number of H-pyrrole nitrogens is 1. The fourth-order valence-electron chi connectivity index (χ4n) is 5.26. The maximum Gasteiger partial charge on any atom is 0.410 e. The number of piperidine rings is 1. The Kier molecular flexibility index (Phi) is 7.65. The lowest BCUT2D eigenvalue weighted by atomic mass is 10.0. The Labute approximate surface area is 217 Å². The molecule has 1 amide bonds. The van der Waals surface area contributed by atoms with Crippen molar-refractivity contribution in [2.45, 2.75) is 58.2 Å². The van der Waals surface area contributed by atoms with E-state index < -0.39 is 0 Å². The number of hydrogen-bond acceptors (Lipinski definition) is 5. The normalized spacial score (nSPS) is 18.7. The van der Waals surface area contributed by atoms with Crippen molar-refractivity contribution in [1.29, 1.82) is 0 Å². The van der Waals surface area contributed by atoms with Gasteiger partial charge in [-0.05, 0) is 69.1 Å². The summed E-state index contributed by atoms with van der Waals surface area (Å²) in [4.78, 5) is 32.4. The van der Waals surface area contributed by atoms with Gasteiger partial charge in [-0.15, -0.1) is 0 Å². The predicted octanol–water partition coefficient (Wildman–Crippen LogP) is 4.85. The van der Waals surface area contributed by atoms with E-state index in [1.54, 1.807) is 9.47 Å². The fourth-order valence-corrected chi connectivity index (χ4v) is 5.26. The second kappa shape index (κ2) is 11.3. The Bertz CT molecular complexity index is 1310. The summed E-state index contributed by atoms with van der Waals surface area (Å²) >= 11 is 0. The van der Waals surface area contributed by atoms with Crippen molar-refractivity contribution in [2.24, 2.45) is 0 Å².